The van der Waals surface area contributed by atoms with E-state index in [9.17, 15) is 4.39 Å². The maximum atomic E-state index is 13.9. The second kappa shape index (κ2) is 7.56. The van der Waals surface area contributed by atoms with Gasteiger partial charge in [0.1, 0.15) is 5.82 Å². The number of rotatable bonds is 5. The number of halogens is 1. The van der Waals surface area contributed by atoms with Gasteiger partial charge in [0.2, 0.25) is 0 Å². The van der Waals surface area contributed by atoms with Crippen LogP contribution in [0.2, 0.25) is 0 Å². The zero-order valence-electron chi connectivity index (χ0n) is 16.7. The summed E-state index contributed by atoms with van der Waals surface area (Å²) < 4.78 is 13.9. The molecular formula is C24H31F. The summed E-state index contributed by atoms with van der Waals surface area (Å²) in [6.07, 6.45) is 2.95. The Labute approximate surface area is 152 Å². The smallest absolute Gasteiger partial charge is 0.126 e. The molecular weight excluding hydrogens is 307 g/mol. The molecule has 1 unspecified atom stereocenters. The molecule has 0 radical (unpaired) electrons. The second-order valence-electron chi connectivity index (χ2n) is 7.59. The maximum absolute atomic E-state index is 13.9. The third kappa shape index (κ3) is 3.86. The van der Waals surface area contributed by atoms with Crippen LogP contribution >= 0.6 is 0 Å². The summed E-state index contributed by atoms with van der Waals surface area (Å²) >= 11 is 0. The van der Waals surface area contributed by atoms with Crippen LogP contribution in [0.1, 0.15) is 68.4 Å². The van der Waals surface area contributed by atoms with Gasteiger partial charge in [-0.1, -0.05) is 69.7 Å². The Hall–Kier alpha value is -1.89. The van der Waals surface area contributed by atoms with E-state index in [0.717, 1.165) is 12.0 Å². The highest BCUT2D eigenvalue weighted by Crippen LogP contribution is 2.40. The molecule has 0 bridgehead atoms. The minimum Gasteiger partial charge on any atom is -0.207 e. The van der Waals surface area contributed by atoms with Gasteiger partial charge in [-0.05, 0) is 61.1 Å². The molecule has 25 heavy (non-hydrogen) atoms. The molecule has 1 heteroatoms. The molecule has 0 heterocycles. The van der Waals surface area contributed by atoms with E-state index in [-0.39, 0.29) is 17.2 Å². The molecule has 0 saturated heterocycles. The van der Waals surface area contributed by atoms with Gasteiger partial charge in [-0.2, -0.15) is 0 Å². The van der Waals surface area contributed by atoms with Gasteiger partial charge in [0.25, 0.3) is 0 Å². The van der Waals surface area contributed by atoms with Crippen LogP contribution in [0.4, 0.5) is 4.39 Å². The summed E-state index contributed by atoms with van der Waals surface area (Å²) in [5, 5.41) is 0. The first-order valence-corrected chi connectivity index (χ1v) is 9.25. The molecule has 134 valence electrons. The van der Waals surface area contributed by atoms with Crippen molar-refractivity contribution in [2.45, 2.75) is 66.2 Å². The summed E-state index contributed by atoms with van der Waals surface area (Å²) in [6, 6.07) is 12.3. The number of benzene rings is 2. The largest absolute Gasteiger partial charge is 0.207 e. The number of allylic oxidation sites excluding steroid dienone is 2. The Bertz CT molecular complexity index is 781. The van der Waals surface area contributed by atoms with E-state index in [1.807, 2.05) is 19.1 Å². The molecule has 0 aliphatic rings. The summed E-state index contributed by atoms with van der Waals surface area (Å²) in [6.45, 7) is 15.2. The van der Waals surface area contributed by atoms with Crippen molar-refractivity contribution >= 4 is 0 Å². The predicted molar refractivity (Wildman–Crippen MR) is 107 cm³/mol. The fraction of sp³-hybridized carbons (Fsp3) is 0.417. The first-order valence-electron chi connectivity index (χ1n) is 9.25. The summed E-state index contributed by atoms with van der Waals surface area (Å²) in [4.78, 5) is 0. The topological polar surface area (TPSA) is 0 Å². The van der Waals surface area contributed by atoms with Crippen LogP contribution in [0.5, 0.6) is 0 Å². The van der Waals surface area contributed by atoms with Crippen LogP contribution in [-0.4, -0.2) is 0 Å². The zero-order chi connectivity index (χ0) is 18.8. The van der Waals surface area contributed by atoms with Crippen LogP contribution in [-0.2, 0) is 11.8 Å². The first kappa shape index (κ1) is 19.4. The van der Waals surface area contributed by atoms with Gasteiger partial charge in [-0.25, -0.2) is 4.39 Å². The molecule has 2 aromatic rings. The standard InChI is InChI=1S/C24H31F/c1-8-19-15-20(11-13-23(19)25)18(5)22(9-2)24(6,7)21-12-10-16(3)17(4)14-21/h9-15,18H,8H2,1-7H3/b22-9+. The van der Waals surface area contributed by atoms with Gasteiger partial charge >= 0.3 is 0 Å². The first-order chi connectivity index (χ1) is 11.7. The monoisotopic (exact) mass is 338 g/mol. The van der Waals surface area contributed by atoms with E-state index in [1.54, 1.807) is 6.07 Å². The summed E-state index contributed by atoms with van der Waals surface area (Å²) in [7, 11) is 0. The van der Waals surface area contributed by atoms with Crippen molar-refractivity contribution in [3.8, 4) is 0 Å². The molecule has 1 atom stereocenters. The number of aryl methyl sites for hydroxylation is 3. The van der Waals surface area contributed by atoms with E-state index in [1.165, 1.54) is 27.8 Å². The fourth-order valence-electron chi connectivity index (χ4n) is 3.76. The third-order valence-electron chi connectivity index (χ3n) is 5.68. The average Bonchev–Trinajstić information content (AvgIpc) is 2.57. The Kier molecular flexibility index (Phi) is 5.87. The molecule has 0 aromatic heterocycles. The van der Waals surface area contributed by atoms with Crippen LogP contribution in [0.25, 0.3) is 0 Å². The van der Waals surface area contributed by atoms with Crippen molar-refractivity contribution in [2.75, 3.05) is 0 Å². The molecule has 0 nitrogen and oxygen atoms in total. The number of hydrogen-bond acceptors (Lipinski definition) is 0. The van der Waals surface area contributed by atoms with Crippen molar-refractivity contribution in [1.82, 2.24) is 0 Å². The van der Waals surface area contributed by atoms with Crippen molar-refractivity contribution < 1.29 is 4.39 Å². The van der Waals surface area contributed by atoms with Crippen molar-refractivity contribution in [1.29, 1.82) is 0 Å². The highest BCUT2D eigenvalue weighted by Gasteiger charge is 2.29. The lowest BCUT2D eigenvalue weighted by Crippen LogP contribution is -2.24. The minimum atomic E-state index is -0.103. The summed E-state index contributed by atoms with van der Waals surface area (Å²) in [5.74, 6) is 0.140. The molecule has 2 rings (SSSR count). The Morgan fingerprint density at radius 2 is 1.76 bits per heavy atom. The molecule has 0 saturated carbocycles. The van der Waals surface area contributed by atoms with E-state index < -0.39 is 0 Å². The average molecular weight is 339 g/mol. The molecule has 0 spiro atoms. The maximum Gasteiger partial charge on any atom is 0.126 e. The van der Waals surface area contributed by atoms with Gasteiger partial charge < -0.3 is 0 Å². The Balaban J connectivity index is 2.45. The molecule has 0 N–H and O–H groups in total. The van der Waals surface area contributed by atoms with Crippen LogP contribution in [0.3, 0.4) is 0 Å². The van der Waals surface area contributed by atoms with Crippen molar-refractivity contribution in [2.24, 2.45) is 0 Å². The Morgan fingerprint density at radius 3 is 2.32 bits per heavy atom. The Morgan fingerprint density at radius 1 is 1.08 bits per heavy atom. The van der Waals surface area contributed by atoms with E-state index >= 15 is 0 Å². The lowest BCUT2D eigenvalue weighted by molar-refractivity contribution is 0.570. The van der Waals surface area contributed by atoms with Crippen LogP contribution < -0.4 is 0 Å². The van der Waals surface area contributed by atoms with Gasteiger partial charge in [0, 0.05) is 11.3 Å². The van der Waals surface area contributed by atoms with Crippen LogP contribution in [0.15, 0.2) is 48.0 Å². The molecule has 0 amide bonds. The molecule has 0 aliphatic carbocycles. The van der Waals surface area contributed by atoms with E-state index in [0.29, 0.717) is 0 Å². The lowest BCUT2D eigenvalue weighted by Gasteiger charge is -2.34. The quantitative estimate of drug-likeness (QED) is 0.513. The highest BCUT2D eigenvalue weighted by atomic mass is 19.1. The minimum absolute atomic E-state index is 0.0760. The second-order valence-corrected chi connectivity index (χ2v) is 7.59. The van der Waals surface area contributed by atoms with E-state index in [2.05, 4.69) is 65.8 Å². The van der Waals surface area contributed by atoms with Crippen LogP contribution in [0, 0.1) is 19.7 Å². The lowest BCUT2D eigenvalue weighted by atomic mass is 9.70. The fourth-order valence-corrected chi connectivity index (χ4v) is 3.76. The van der Waals surface area contributed by atoms with Crippen molar-refractivity contribution in [3.05, 3.63) is 81.7 Å². The van der Waals surface area contributed by atoms with Gasteiger partial charge in [0.05, 0.1) is 0 Å². The summed E-state index contributed by atoms with van der Waals surface area (Å²) in [5.41, 5.74) is 7.24. The molecule has 0 aliphatic heterocycles. The van der Waals surface area contributed by atoms with Gasteiger partial charge in [-0.3, -0.25) is 0 Å². The van der Waals surface area contributed by atoms with Gasteiger partial charge in [-0.15, -0.1) is 0 Å². The molecule has 0 fully saturated rings. The van der Waals surface area contributed by atoms with E-state index in [4.69, 9.17) is 0 Å². The zero-order valence-corrected chi connectivity index (χ0v) is 16.7. The third-order valence-corrected chi connectivity index (χ3v) is 5.68. The van der Waals surface area contributed by atoms with Crippen molar-refractivity contribution in [3.63, 3.8) is 0 Å². The number of hydrogen-bond donors (Lipinski definition) is 0. The SMILES string of the molecule is C/C=C(\C(C)c1ccc(F)c(CC)c1)C(C)(C)c1ccc(C)c(C)c1. The van der Waals surface area contributed by atoms with Gasteiger partial charge in [0.15, 0.2) is 0 Å². The molecule has 2 aromatic carbocycles. The normalized spacial score (nSPS) is 13.8. The highest BCUT2D eigenvalue weighted by molar-refractivity contribution is 5.44. The predicted octanol–water partition coefficient (Wildman–Crippen LogP) is 7.03.